The highest BCUT2D eigenvalue weighted by atomic mass is 35.5. The highest BCUT2D eigenvalue weighted by molar-refractivity contribution is 7.99. The Hall–Kier alpha value is -3.39. The SMILES string of the molecule is Clc1ccc(COc2ccc3ccccc3c2CNCCSc2nnnn2-c2ccccc2)cc1. The molecular formula is C27H24ClN5OS. The van der Waals surface area contributed by atoms with Gasteiger partial charge in [0.2, 0.25) is 5.16 Å². The van der Waals surface area contributed by atoms with Gasteiger partial charge in [-0.25, -0.2) is 0 Å². The molecule has 35 heavy (non-hydrogen) atoms. The number of nitrogens with zero attached hydrogens (tertiary/aromatic N) is 4. The third-order valence-corrected chi connectivity index (χ3v) is 6.73. The fraction of sp³-hybridized carbons (Fsp3) is 0.148. The number of para-hydroxylation sites is 1. The maximum atomic E-state index is 6.23. The Morgan fingerprint density at radius 2 is 1.69 bits per heavy atom. The van der Waals surface area contributed by atoms with Gasteiger partial charge in [-0.2, -0.15) is 4.68 Å². The van der Waals surface area contributed by atoms with Crippen LogP contribution in [0.2, 0.25) is 5.02 Å². The number of thioether (sulfide) groups is 1. The molecule has 0 bridgehead atoms. The van der Waals surface area contributed by atoms with Crippen molar-refractivity contribution < 1.29 is 4.74 Å². The van der Waals surface area contributed by atoms with Crippen LogP contribution in [0.1, 0.15) is 11.1 Å². The van der Waals surface area contributed by atoms with Gasteiger partial charge in [-0.05, 0) is 57.1 Å². The predicted octanol–water partition coefficient (Wildman–Crippen LogP) is 5.93. The first-order valence-corrected chi connectivity index (χ1v) is 12.7. The molecule has 5 rings (SSSR count). The first-order chi connectivity index (χ1) is 17.3. The quantitative estimate of drug-likeness (QED) is 0.189. The van der Waals surface area contributed by atoms with E-state index in [4.69, 9.17) is 16.3 Å². The molecule has 1 N–H and O–H groups in total. The first kappa shape index (κ1) is 23.4. The minimum absolute atomic E-state index is 0.487. The first-order valence-electron chi connectivity index (χ1n) is 11.3. The van der Waals surface area contributed by atoms with E-state index >= 15 is 0 Å². The maximum absolute atomic E-state index is 6.23. The molecule has 5 aromatic rings. The van der Waals surface area contributed by atoms with Crippen molar-refractivity contribution in [2.24, 2.45) is 0 Å². The number of nitrogens with one attached hydrogen (secondary N) is 1. The molecule has 0 fully saturated rings. The van der Waals surface area contributed by atoms with E-state index in [1.165, 1.54) is 10.8 Å². The van der Waals surface area contributed by atoms with Crippen molar-refractivity contribution in [3.8, 4) is 11.4 Å². The van der Waals surface area contributed by atoms with Crippen molar-refractivity contribution in [1.82, 2.24) is 25.5 Å². The van der Waals surface area contributed by atoms with Gasteiger partial charge in [0.1, 0.15) is 12.4 Å². The minimum atomic E-state index is 0.487. The molecule has 1 heterocycles. The maximum Gasteiger partial charge on any atom is 0.214 e. The lowest BCUT2D eigenvalue weighted by molar-refractivity contribution is 0.303. The summed E-state index contributed by atoms with van der Waals surface area (Å²) < 4.78 is 8.00. The van der Waals surface area contributed by atoms with Crippen molar-refractivity contribution in [3.63, 3.8) is 0 Å². The zero-order chi connectivity index (χ0) is 23.9. The molecule has 0 radical (unpaired) electrons. The molecule has 8 heteroatoms. The lowest BCUT2D eigenvalue weighted by Crippen LogP contribution is -2.18. The summed E-state index contributed by atoms with van der Waals surface area (Å²) in [6.07, 6.45) is 0. The molecule has 0 amide bonds. The normalized spacial score (nSPS) is 11.1. The Morgan fingerprint density at radius 1 is 0.886 bits per heavy atom. The Morgan fingerprint density at radius 3 is 2.54 bits per heavy atom. The molecular weight excluding hydrogens is 478 g/mol. The van der Waals surface area contributed by atoms with Gasteiger partial charge in [0, 0.05) is 29.4 Å². The number of ether oxygens (including phenoxy) is 1. The van der Waals surface area contributed by atoms with Gasteiger partial charge in [0.25, 0.3) is 0 Å². The van der Waals surface area contributed by atoms with Crippen LogP contribution in [0.5, 0.6) is 5.75 Å². The zero-order valence-corrected chi connectivity index (χ0v) is 20.5. The summed E-state index contributed by atoms with van der Waals surface area (Å²) in [7, 11) is 0. The summed E-state index contributed by atoms with van der Waals surface area (Å²) >= 11 is 7.63. The standard InChI is InChI=1S/C27H24ClN5OS/c28-22-13-10-20(11-14-22)19-34-26-15-12-21-6-4-5-9-24(21)25(26)18-29-16-17-35-27-30-31-32-33(27)23-7-2-1-3-8-23/h1-15,29H,16-19H2. The number of benzene rings is 4. The molecule has 1 aromatic heterocycles. The van der Waals surface area contributed by atoms with Crippen LogP contribution in [0.25, 0.3) is 16.5 Å². The molecule has 0 saturated carbocycles. The molecule has 0 aliphatic carbocycles. The van der Waals surface area contributed by atoms with Crippen LogP contribution in [0, 0.1) is 0 Å². The van der Waals surface area contributed by atoms with Gasteiger partial charge < -0.3 is 10.1 Å². The Kier molecular flexibility index (Phi) is 7.58. The minimum Gasteiger partial charge on any atom is -0.489 e. The van der Waals surface area contributed by atoms with Gasteiger partial charge >= 0.3 is 0 Å². The summed E-state index contributed by atoms with van der Waals surface area (Å²) in [6.45, 7) is 1.98. The molecule has 4 aromatic carbocycles. The summed E-state index contributed by atoms with van der Waals surface area (Å²) in [5.74, 6) is 1.71. The van der Waals surface area contributed by atoms with Gasteiger partial charge in [0.05, 0.1) is 5.69 Å². The van der Waals surface area contributed by atoms with Crippen LogP contribution in [-0.4, -0.2) is 32.5 Å². The second kappa shape index (κ2) is 11.4. The summed E-state index contributed by atoms with van der Waals surface area (Å²) in [4.78, 5) is 0. The van der Waals surface area contributed by atoms with E-state index in [0.717, 1.165) is 45.0 Å². The van der Waals surface area contributed by atoms with E-state index in [0.29, 0.717) is 13.2 Å². The van der Waals surface area contributed by atoms with Gasteiger partial charge in [-0.3, -0.25) is 0 Å². The van der Waals surface area contributed by atoms with Crippen molar-refractivity contribution in [2.45, 2.75) is 18.3 Å². The summed E-state index contributed by atoms with van der Waals surface area (Å²) in [5, 5.41) is 19.6. The monoisotopic (exact) mass is 501 g/mol. The zero-order valence-electron chi connectivity index (χ0n) is 19.0. The summed E-state index contributed by atoms with van der Waals surface area (Å²) in [5.41, 5.74) is 3.18. The second-order valence-electron chi connectivity index (χ2n) is 7.91. The number of halogens is 1. The van der Waals surface area contributed by atoms with E-state index in [2.05, 4.69) is 57.2 Å². The van der Waals surface area contributed by atoms with E-state index in [1.807, 2.05) is 54.6 Å². The molecule has 176 valence electrons. The number of fused-ring (bicyclic) bond motifs is 1. The average Bonchev–Trinajstić information content (AvgIpc) is 3.38. The smallest absolute Gasteiger partial charge is 0.214 e. The molecule has 0 saturated heterocycles. The number of hydrogen-bond acceptors (Lipinski definition) is 6. The molecule has 0 aliphatic heterocycles. The third kappa shape index (κ3) is 5.82. The largest absolute Gasteiger partial charge is 0.489 e. The van der Waals surface area contributed by atoms with E-state index < -0.39 is 0 Å². The van der Waals surface area contributed by atoms with Crippen LogP contribution in [-0.2, 0) is 13.2 Å². The van der Waals surface area contributed by atoms with Gasteiger partial charge in [0.15, 0.2) is 0 Å². The van der Waals surface area contributed by atoms with Crippen molar-refractivity contribution >= 4 is 34.1 Å². The molecule has 0 unspecified atom stereocenters. The molecule has 0 atom stereocenters. The lowest BCUT2D eigenvalue weighted by Gasteiger charge is -2.15. The number of hydrogen-bond donors (Lipinski definition) is 1. The Balaban J connectivity index is 1.23. The molecule has 6 nitrogen and oxygen atoms in total. The fourth-order valence-corrected chi connectivity index (χ4v) is 4.72. The number of aromatic nitrogens is 4. The number of rotatable bonds is 10. The van der Waals surface area contributed by atoms with Crippen molar-refractivity contribution in [1.29, 1.82) is 0 Å². The third-order valence-electron chi connectivity index (χ3n) is 5.56. The highest BCUT2D eigenvalue weighted by Crippen LogP contribution is 2.29. The van der Waals surface area contributed by atoms with Gasteiger partial charge in [-0.15, -0.1) is 5.10 Å². The van der Waals surface area contributed by atoms with Crippen LogP contribution in [0.3, 0.4) is 0 Å². The average molecular weight is 502 g/mol. The molecule has 0 spiro atoms. The van der Waals surface area contributed by atoms with Crippen LogP contribution >= 0.6 is 23.4 Å². The van der Waals surface area contributed by atoms with E-state index in [9.17, 15) is 0 Å². The van der Waals surface area contributed by atoms with Crippen molar-refractivity contribution in [3.05, 3.63) is 107 Å². The topological polar surface area (TPSA) is 64.9 Å². The predicted molar refractivity (Wildman–Crippen MR) is 141 cm³/mol. The van der Waals surface area contributed by atoms with Gasteiger partial charge in [-0.1, -0.05) is 84.0 Å². The lowest BCUT2D eigenvalue weighted by atomic mass is 10.0. The fourth-order valence-electron chi connectivity index (χ4n) is 3.80. The van der Waals surface area contributed by atoms with Crippen LogP contribution in [0.15, 0.2) is 96.2 Å². The number of tetrazole rings is 1. The van der Waals surface area contributed by atoms with Crippen LogP contribution < -0.4 is 10.1 Å². The highest BCUT2D eigenvalue weighted by Gasteiger charge is 2.11. The van der Waals surface area contributed by atoms with Crippen molar-refractivity contribution in [2.75, 3.05) is 12.3 Å². The van der Waals surface area contributed by atoms with E-state index in [1.54, 1.807) is 16.4 Å². The van der Waals surface area contributed by atoms with E-state index in [-0.39, 0.29) is 0 Å². The van der Waals surface area contributed by atoms with Crippen LogP contribution in [0.4, 0.5) is 0 Å². The Labute approximate surface area is 213 Å². The second-order valence-corrected chi connectivity index (χ2v) is 9.41. The summed E-state index contributed by atoms with van der Waals surface area (Å²) in [6, 6.07) is 30.2. The molecule has 0 aliphatic rings. The Bertz CT molecular complexity index is 1390.